The van der Waals surface area contributed by atoms with E-state index in [-0.39, 0.29) is 0 Å². The number of piperidine rings is 1. The first-order chi connectivity index (χ1) is 6.07. The fourth-order valence-corrected chi connectivity index (χ4v) is 2.83. The molecule has 0 saturated carbocycles. The third kappa shape index (κ3) is 2.25. The Kier molecular flexibility index (Phi) is 3.78. The molecular weight excluding hydrogens is 158 g/mol. The average Bonchev–Trinajstić information content (AvgIpc) is 2.09. The molecule has 1 aliphatic heterocycles. The van der Waals surface area contributed by atoms with Gasteiger partial charge in [0.05, 0.1) is 0 Å². The lowest BCUT2D eigenvalue weighted by atomic mass is 9.79. The lowest BCUT2D eigenvalue weighted by Gasteiger charge is -2.45. The molecule has 1 saturated heterocycles. The largest absolute Gasteiger partial charge is 0.300 e. The molecule has 0 amide bonds. The van der Waals surface area contributed by atoms with E-state index in [1.165, 1.54) is 19.3 Å². The highest BCUT2D eigenvalue weighted by Gasteiger charge is 2.33. The Labute approximate surface area is 83.5 Å². The van der Waals surface area contributed by atoms with Gasteiger partial charge in [-0.2, -0.15) is 0 Å². The Balaban J connectivity index is 2.61. The van der Waals surface area contributed by atoms with Gasteiger partial charge in [-0.15, -0.1) is 0 Å². The average molecular weight is 183 g/mol. The van der Waals surface area contributed by atoms with Gasteiger partial charge in [0.25, 0.3) is 0 Å². The van der Waals surface area contributed by atoms with E-state index in [1.54, 1.807) is 0 Å². The Morgan fingerprint density at radius 1 is 1.15 bits per heavy atom. The molecule has 0 aromatic heterocycles. The smallest absolute Gasteiger partial charge is 0.0121 e. The highest BCUT2D eigenvalue weighted by atomic mass is 15.2. The topological polar surface area (TPSA) is 3.24 Å². The maximum absolute atomic E-state index is 2.60. The number of nitrogens with zero attached hydrogens (tertiary/aromatic N) is 1. The van der Waals surface area contributed by atoms with Crippen LogP contribution < -0.4 is 0 Å². The molecule has 0 aliphatic carbocycles. The summed E-state index contributed by atoms with van der Waals surface area (Å²) in [6.45, 7) is 9.47. The van der Waals surface area contributed by atoms with Crippen molar-refractivity contribution in [2.45, 2.75) is 59.0 Å². The zero-order valence-corrected chi connectivity index (χ0v) is 9.88. The van der Waals surface area contributed by atoms with Crippen LogP contribution in [0.1, 0.15) is 47.0 Å². The van der Waals surface area contributed by atoms with Crippen LogP contribution in [0.15, 0.2) is 0 Å². The fourth-order valence-electron chi connectivity index (χ4n) is 2.83. The Bertz CT molecular complexity index is 155. The lowest BCUT2D eigenvalue weighted by Crippen LogP contribution is -2.50. The summed E-state index contributed by atoms with van der Waals surface area (Å²) in [5.74, 6) is 1.75. The minimum absolute atomic E-state index is 0.771. The second-order valence-electron chi connectivity index (χ2n) is 4.95. The van der Waals surface area contributed by atoms with Crippen LogP contribution in [0.25, 0.3) is 0 Å². The van der Waals surface area contributed by atoms with Gasteiger partial charge in [-0.1, -0.05) is 27.2 Å². The zero-order chi connectivity index (χ0) is 10.0. The molecule has 0 radical (unpaired) electrons. The molecule has 0 N–H and O–H groups in total. The number of hydrogen-bond acceptors (Lipinski definition) is 1. The van der Waals surface area contributed by atoms with Gasteiger partial charge < -0.3 is 4.90 Å². The van der Waals surface area contributed by atoms with Crippen LogP contribution >= 0.6 is 0 Å². The lowest BCUT2D eigenvalue weighted by molar-refractivity contribution is 0.0368. The highest BCUT2D eigenvalue weighted by molar-refractivity contribution is 4.87. The maximum Gasteiger partial charge on any atom is 0.0121 e. The molecule has 0 unspecified atom stereocenters. The molecule has 1 heterocycles. The Morgan fingerprint density at radius 2 is 1.77 bits per heavy atom. The van der Waals surface area contributed by atoms with Crippen LogP contribution in [0.2, 0.25) is 0 Å². The van der Waals surface area contributed by atoms with E-state index in [2.05, 4.69) is 39.6 Å². The summed E-state index contributed by atoms with van der Waals surface area (Å²) in [5, 5.41) is 0. The van der Waals surface area contributed by atoms with Gasteiger partial charge in [0.15, 0.2) is 0 Å². The quantitative estimate of drug-likeness (QED) is 0.635. The molecular formula is C12H25N. The van der Waals surface area contributed by atoms with E-state index in [9.17, 15) is 0 Å². The Hall–Kier alpha value is -0.0400. The predicted octanol–water partition coefficient (Wildman–Crippen LogP) is 3.15. The molecule has 78 valence electrons. The molecule has 1 rings (SSSR count). The minimum atomic E-state index is 0.771. The summed E-state index contributed by atoms with van der Waals surface area (Å²) >= 11 is 0. The first kappa shape index (κ1) is 11.0. The van der Waals surface area contributed by atoms with Crippen molar-refractivity contribution in [1.29, 1.82) is 0 Å². The van der Waals surface area contributed by atoms with E-state index >= 15 is 0 Å². The van der Waals surface area contributed by atoms with E-state index in [1.807, 2.05) is 0 Å². The first-order valence-corrected chi connectivity index (χ1v) is 5.79. The van der Waals surface area contributed by atoms with Gasteiger partial charge in [0, 0.05) is 12.1 Å². The van der Waals surface area contributed by atoms with Gasteiger partial charge in [-0.05, 0) is 38.6 Å². The van der Waals surface area contributed by atoms with Crippen molar-refractivity contribution < 1.29 is 0 Å². The highest BCUT2D eigenvalue weighted by Crippen LogP contribution is 2.32. The molecule has 0 aromatic rings. The van der Waals surface area contributed by atoms with Crippen LogP contribution in [-0.2, 0) is 0 Å². The Morgan fingerprint density at radius 3 is 2.31 bits per heavy atom. The van der Waals surface area contributed by atoms with Crippen LogP contribution in [-0.4, -0.2) is 24.0 Å². The van der Waals surface area contributed by atoms with Crippen molar-refractivity contribution in [3.05, 3.63) is 0 Å². The molecule has 0 spiro atoms. The maximum atomic E-state index is 2.60. The van der Waals surface area contributed by atoms with Crippen molar-refractivity contribution in [1.82, 2.24) is 4.90 Å². The first-order valence-electron chi connectivity index (χ1n) is 5.79. The summed E-state index contributed by atoms with van der Waals surface area (Å²) in [6.07, 6.45) is 4.10. The normalized spacial score (nSPS) is 42.2. The molecule has 1 aliphatic rings. The predicted molar refractivity (Wildman–Crippen MR) is 58.9 cm³/mol. The standard InChI is InChI=1S/C12H25N/c1-6-7-12-10(3)8-9(2)11(4)13(12)5/h9-12H,6-8H2,1-5H3/t9-,10+,11-,12+/m0/s1. The number of likely N-dealkylation sites (tertiary alicyclic amines) is 1. The number of rotatable bonds is 2. The van der Waals surface area contributed by atoms with Crippen molar-refractivity contribution in [3.8, 4) is 0 Å². The minimum Gasteiger partial charge on any atom is -0.300 e. The van der Waals surface area contributed by atoms with Crippen LogP contribution in [0.3, 0.4) is 0 Å². The molecule has 1 heteroatoms. The SMILES string of the molecule is CCC[C@@H]1[C@H](C)C[C@H](C)[C@H](C)N1C. The van der Waals surface area contributed by atoms with Gasteiger partial charge in [-0.25, -0.2) is 0 Å². The third-order valence-electron chi connectivity index (χ3n) is 3.97. The molecule has 0 aromatic carbocycles. The second-order valence-corrected chi connectivity index (χ2v) is 4.95. The van der Waals surface area contributed by atoms with Crippen LogP contribution in [0.5, 0.6) is 0 Å². The van der Waals surface area contributed by atoms with Crippen molar-refractivity contribution in [2.24, 2.45) is 11.8 Å². The molecule has 13 heavy (non-hydrogen) atoms. The van der Waals surface area contributed by atoms with E-state index in [0.717, 1.165) is 23.9 Å². The van der Waals surface area contributed by atoms with Gasteiger partial charge >= 0.3 is 0 Å². The zero-order valence-electron chi connectivity index (χ0n) is 9.88. The van der Waals surface area contributed by atoms with E-state index in [0.29, 0.717) is 0 Å². The van der Waals surface area contributed by atoms with Crippen molar-refractivity contribution >= 4 is 0 Å². The summed E-state index contributed by atoms with van der Waals surface area (Å²) < 4.78 is 0. The molecule has 4 atom stereocenters. The number of hydrogen-bond donors (Lipinski definition) is 0. The van der Waals surface area contributed by atoms with Crippen LogP contribution in [0.4, 0.5) is 0 Å². The van der Waals surface area contributed by atoms with Gasteiger partial charge in [-0.3, -0.25) is 0 Å². The van der Waals surface area contributed by atoms with Crippen LogP contribution in [0, 0.1) is 11.8 Å². The monoisotopic (exact) mass is 183 g/mol. The molecule has 0 bridgehead atoms. The third-order valence-corrected chi connectivity index (χ3v) is 3.97. The van der Waals surface area contributed by atoms with Gasteiger partial charge in [0.2, 0.25) is 0 Å². The van der Waals surface area contributed by atoms with Crippen molar-refractivity contribution in [3.63, 3.8) is 0 Å². The van der Waals surface area contributed by atoms with Crippen molar-refractivity contribution in [2.75, 3.05) is 7.05 Å². The summed E-state index contributed by atoms with van der Waals surface area (Å²) in [6, 6.07) is 1.60. The van der Waals surface area contributed by atoms with Gasteiger partial charge in [0.1, 0.15) is 0 Å². The fraction of sp³-hybridized carbons (Fsp3) is 1.00. The second kappa shape index (κ2) is 4.45. The van der Waals surface area contributed by atoms with E-state index < -0.39 is 0 Å². The summed E-state index contributed by atoms with van der Waals surface area (Å²) in [5.41, 5.74) is 0. The summed E-state index contributed by atoms with van der Waals surface area (Å²) in [4.78, 5) is 2.60. The molecule has 1 nitrogen and oxygen atoms in total. The summed E-state index contributed by atoms with van der Waals surface area (Å²) in [7, 11) is 2.30. The van der Waals surface area contributed by atoms with E-state index in [4.69, 9.17) is 0 Å². The molecule has 1 fully saturated rings.